The van der Waals surface area contributed by atoms with Crippen molar-refractivity contribution < 1.29 is 28.9 Å². The molecule has 0 amide bonds. The van der Waals surface area contributed by atoms with Crippen LogP contribution in [0, 0.1) is 0 Å². The van der Waals surface area contributed by atoms with E-state index in [1.54, 1.807) is 6.92 Å². The van der Waals surface area contributed by atoms with Crippen LogP contribution in [0.15, 0.2) is 0 Å². The van der Waals surface area contributed by atoms with E-state index < -0.39 is 0 Å². The summed E-state index contributed by atoms with van der Waals surface area (Å²) in [7, 11) is 0. The molecular formula is C3H5O2Ti. The number of rotatable bonds is 1. The molecule has 0 saturated carbocycles. The van der Waals surface area contributed by atoms with Crippen LogP contribution < -0.4 is 0 Å². The summed E-state index contributed by atoms with van der Waals surface area (Å²) in [6.45, 7) is 1.76. The van der Waals surface area contributed by atoms with Gasteiger partial charge >= 0.3 is 48.3 Å². The van der Waals surface area contributed by atoms with Crippen LogP contribution in [0.25, 0.3) is 0 Å². The molecule has 6 heavy (non-hydrogen) atoms. The molecule has 0 heterocycles. The Morgan fingerprint density at radius 1 is 2.00 bits per heavy atom. The molecule has 2 nitrogen and oxygen atoms in total. The predicted octanol–water partition coefficient (Wildman–Crippen LogP) is 0.401. The maximum absolute atomic E-state index is 9.96. The molecule has 0 atom stereocenters. The molecule has 0 N–H and O–H groups in total. The van der Waals surface area contributed by atoms with Gasteiger partial charge in [0.05, 0.1) is 0 Å². The van der Waals surface area contributed by atoms with Crippen molar-refractivity contribution in [2.24, 2.45) is 0 Å². The van der Waals surface area contributed by atoms with E-state index >= 15 is 0 Å². The minimum atomic E-state index is -0.157. The molecule has 0 aliphatic carbocycles. The van der Waals surface area contributed by atoms with E-state index in [9.17, 15) is 4.79 Å². The van der Waals surface area contributed by atoms with Crippen molar-refractivity contribution in [2.75, 3.05) is 0 Å². The van der Waals surface area contributed by atoms with Gasteiger partial charge in [0.25, 0.3) is 0 Å². The SMILES string of the molecule is CCC(=O)[O][Ti]. The van der Waals surface area contributed by atoms with Gasteiger partial charge in [0.1, 0.15) is 0 Å². The van der Waals surface area contributed by atoms with Crippen LogP contribution in [-0.2, 0) is 28.9 Å². The van der Waals surface area contributed by atoms with E-state index in [2.05, 4.69) is 3.32 Å². The second-order valence-corrected chi connectivity index (χ2v) is 1.15. The summed E-state index contributed by atoms with van der Waals surface area (Å²) in [5.74, 6) is -0.157. The number of hydrogen-bond donors (Lipinski definition) is 0. The fraction of sp³-hybridized carbons (Fsp3) is 0.667. The third-order valence-electron chi connectivity index (χ3n) is 0.403. The summed E-state index contributed by atoms with van der Waals surface area (Å²) in [6, 6.07) is 0. The molecule has 0 rings (SSSR count). The quantitative estimate of drug-likeness (QED) is 0.469. The zero-order valence-corrected chi connectivity index (χ0v) is 5.09. The number of hydrogen-bond acceptors (Lipinski definition) is 2. The first-order valence-electron chi connectivity index (χ1n) is 1.67. The average Bonchev–Trinajstić information content (AvgIpc) is 1.65. The van der Waals surface area contributed by atoms with Gasteiger partial charge in [-0.1, -0.05) is 0 Å². The van der Waals surface area contributed by atoms with E-state index in [0.717, 1.165) is 0 Å². The Morgan fingerprint density at radius 3 is 2.50 bits per heavy atom. The van der Waals surface area contributed by atoms with Gasteiger partial charge in [0, 0.05) is 0 Å². The molecule has 0 aliphatic heterocycles. The molecule has 0 aromatic heterocycles. The van der Waals surface area contributed by atoms with Crippen molar-refractivity contribution in [2.45, 2.75) is 13.3 Å². The van der Waals surface area contributed by atoms with Crippen molar-refractivity contribution in [3.05, 3.63) is 0 Å². The van der Waals surface area contributed by atoms with E-state index in [1.807, 2.05) is 0 Å². The molecule has 0 radical (unpaired) electrons. The third-order valence-corrected chi connectivity index (χ3v) is 0.758. The average molecular weight is 121 g/mol. The summed E-state index contributed by atoms with van der Waals surface area (Å²) in [6.07, 6.45) is 0.469. The Labute approximate surface area is 48.7 Å². The fourth-order valence-electron chi connectivity index (χ4n) is 0.0722. The van der Waals surface area contributed by atoms with Crippen LogP contribution in [0.3, 0.4) is 0 Å². The maximum atomic E-state index is 9.96. The van der Waals surface area contributed by atoms with Crippen LogP contribution in [0.1, 0.15) is 13.3 Å². The van der Waals surface area contributed by atoms with Gasteiger partial charge in [0.2, 0.25) is 0 Å². The summed E-state index contributed by atoms with van der Waals surface area (Å²) >= 11 is 1.38. The van der Waals surface area contributed by atoms with Gasteiger partial charge in [-0.25, -0.2) is 0 Å². The molecule has 0 fully saturated rings. The number of carbonyl (C=O) groups excluding carboxylic acids is 1. The molecule has 33 valence electrons. The van der Waals surface area contributed by atoms with Crippen molar-refractivity contribution >= 4 is 5.97 Å². The molecular weight excluding hydrogens is 116 g/mol. The Hall–Kier alpha value is 0.184. The fourth-order valence-corrected chi connectivity index (χ4v) is 0.298. The molecule has 0 bridgehead atoms. The van der Waals surface area contributed by atoms with Crippen molar-refractivity contribution in [3.8, 4) is 0 Å². The van der Waals surface area contributed by atoms with Gasteiger partial charge in [-0.3, -0.25) is 0 Å². The van der Waals surface area contributed by atoms with E-state index in [0.29, 0.717) is 6.42 Å². The normalized spacial score (nSPS) is 7.33. The molecule has 0 aliphatic rings. The standard InChI is InChI=1S/C3H6O2.Ti/c1-2-3(4)5;/h2H2,1H3,(H,4,5);/q;+1/p-1. The molecule has 0 aromatic carbocycles. The Morgan fingerprint density at radius 2 is 2.50 bits per heavy atom. The van der Waals surface area contributed by atoms with Gasteiger partial charge in [-0.05, 0) is 0 Å². The van der Waals surface area contributed by atoms with Gasteiger partial charge < -0.3 is 0 Å². The van der Waals surface area contributed by atoms with Crippen molar-refractivity contribution in [3.63, 3.8) is 0 Å². The number of carbonyl (C=O) groups is 1. The molecule has 0 saturated heterocycles. The third kappa shape index (κ3) is 2.42. The molecule has 3 heteroatoms. The van der Waals surface area contributed by atoms with Crippen LogP contribution in [0.4, 0.5) is 0 Å². The predicted molar refractivity (Wildman–Crippen MR) is 16.4 cm³/mol. The molecule has 0 spiro atoms. The van der Waals surface area contributed by atoms with Gasteiger partial charge in [-0.2, -0.15) is 0 Å². The second-order valence-electron chi connectivity index (χ2n) is 0.828. The van der Waals surface area contributed by atoms with Crippen LogP contribution in [-0.4, -0.2) is 5.97 Å². The molecule has 0 unspecified atom stereocenters. The van der Waals surface area contributed by atoms with Crippen LogP contribution >= 0.6 is 0 Å². The monoisotopic (exact) mass is 121 g/mol. The first-order valence-corrected chi connectivity index (χ1v) is 2.31. The van der Waals surface area contributed by atoms with Gasteiger partial charge in [0.15, 0.2) is 0 Å². The summed E-state index contributed by atoms with van der Waals surface area (Å²) in [5, 5.41) is 0. The van der Waals surface area contributed by atoms with Gasteiger partial charge in [-0.15, -0.1) is 0 Å². The zero-order valence-electron chi connectivity index (χ0n) is 3.52. The Kier molecular flexibility index (Phi) is 3.48. The first-order chi connectivity index (χ1) is 2.81. The Bertz CT molecular complexity index is 46.8. The zero-order chi connectivity index (χ0) is 4.99. The summed E-state index contributed by atoms with van der Waals surface area (Å²) < 4.78 is 4.26. The first kappa shape index (κ1) is 6.18. The van der Waals surface area contributed by atoms with E-state index in [1.165, 1.54) is 20.8 Å². The van der Waals surface area contributed by atoms with Crippen molar-refractivity contribution in [1.29, 1.82) is 0 Å². The Balaban J connectivity index is 2.99. The van der Waals surface area contributed by atoms with Crippen LogP contribution in [0.5, 0.6) is 0 Å². The molecule has 0 aromatic rings. The second kappa shape index (κ2) is 3.38. The minimum absolute atomic E-state index is 0.157. The summed E-state index contributed by atoms with van der Waals surface area (Å²) in [5.41, 5.74) is 0. The van der Waals surface area contributed by atoms with E-state index in [4.69, 9.17) is 0 Å². The topological polar surface area (TPSA) is 26.3 Å². The van der Waals surface area contributed by atoms with E-state index in [-0.39, 0.29) is 5.97 Å². The summed E-state index contributed by atoms with van der Waals surface area (Å²) in [4.78, 5) is 9.96. The van der Waals surface area contributed by atoms with Crippen molar-refractivity contribution in [1.82, 2.24) is 0 Å². The van der Waals surface area contributed by atoms with Crippen LogP contribution in [0.2, 0.25) is 0 Å².